The van der Waals surface area contributed by atoms with Crippen LogP contribution in [-0.4, -0.2) is 55.5 Å². The molecule has 1 saturated carbocycles. The molecule has 160 valence electrons. The quantitative estimate of drug-likeness (QED) is 0.596. The Morgan fingerprint density at radius 3 is 2.73 bits per heavy atom. The van der Waals surface area contributed by atoms with Gasteiger partial charge >= 0.3 is 0 Å². The number of fused-ring (bicyclic) bond motifs is 1. The fourth-order valence-corrected chi connectivity index (χ4v) is 5.34. The average Bonchev–Trinajstić information content (AvgIpc) is 3.13. The van der Waals surface area contributed by atoms with Gasteiger partial charge in [-0.2, -0.15) is 0 Å². The molecule has 1 aliphatic heterocycles. The minimum atomic E-state index is -2.68. The van der Waals surface area contributed by atoms with Gasteiger partial charge in [0, 0.05) is 37.9 Å². The third-order valence-electron chi connectivity index (χ3n) is 5.42. The summed E-state index contributed by atoms with van der Waals surface area (Å²) in [4.78, 5) is 7.28. The number of nitrogens with one attached hydrogen (secondary N) is 2. The molecule has 1 aliphatic carbocycles. The summed E-state index contributed by atoms with van der Waals surface area (Å²) < 4.78 is 44.0. The molecule has 1 unspecified atom stereocenters. The van der Waals surface area contributed by atoms with E-state index < -0.39 is 17.4 Å². The van der Waals surface area contributed by atoms with Crippen LogP contribution in [0.1, 0.15) is 31.2 Å². The second-order valence-electron chi connectivity index (χ2n) is 7.81. The molecule has 3 aromatic rings. The van der Waals surface area contributed by atoms with E-state index in [2.05, 4.69) is 37.0 Å². The SMILES string of the molecule is CC1(NS(=O)c2cc(N3CCNCC3)c3cnc(-c4nnc(C(F)F)s4)n3c2)CC1. The highest BCUT2D eigenvalue weighted by molar-refractivity contribution is 7.83. The van der Waals surface area contributed by atoms with Gasteiger partial charge in [-0.1, -0.05) is 11.3 Å². The Morgan fingerprint density at radius 1 is 1.30 bits per heavy atom. The van der Waals surface area contributed by atoms with E-state index in [1.54, 1.807) is 16.8 Å². The van der Waals surface area contributed by atoms with Crippen molar-refractivity contribution in [3.63, 3.8) is 0 Å². The minimum Gasteiger partial charge on any atom is -0.367 e. The van der Waals surface area contributed by atoms with E-state index in [4.69, 9.17) is 0 Å². The number of halogens is 2. The highest BCUT2D eigenvalue weighted by atomic mass is 32.2. The fraction of sp³-hybridized carbons (Fsp3) is 0.500. The molecule has 4 heterocycles. The molecule has 5 rings (SSSR count). The molecule has 0 amide bonds. The van der Waals surface area contributed by atoms with Crippen molar-refractivity contribution < 1.29 is 13.0 Å². The van der Waals surface area contributed by atoms with Crippen LogP contribution in [0.15, 0.2) is 23.4 Å². The second kappa shape index (κ2) is 7.59. The molecular formula is C18H21F2N7OS2. The summed E-state index contributed by atoms with van der Waals surface area (Å²) in [5.41, 5.74) is 1.64. The van der Waals surface area contributed by atoms with E-state index in [9.17, 15) is 13.0 Å². The molecule has 0 spiro atoms. The first-order valence-electron chi connectivity index (χ1n) is 9.72. The number of hydrogen-bond donors (Lipinski definition) is 2. The lowest BCUT2D eigenvalue weighted by Gasteiger charge is -2.30. The largest absolute Gasteiger partial charge is 0.367 e. The Bertz CT molecular complexity index is 1110. The molecule has 1 saturated heterocycles. The maximum atomic E-state index is 13.1. The average molecular weight is 454 g/mol. The number of imidazole rings is 1. The van der Waals surface area contributed by atoms with Crippen LogP contribution in [0.4, 0.5) is 14.5 Å². The number of alkyl halides is 2. The second-order valence-corrected chi connectivity index (χ2v) is 10.0. The van der Waals surface area contributed by atoms with Crippen molar-refractivity contribution in [3.05, 3.63) is 23.5 Å². The number of anilines is 1. The molecule has 0 radical (unpaired) electrons. The van der Waals surface area contributed by atoms with Gasteiger partial charge < -0.3 is 10.2 Å². The van der Waals surface area contributed by atoms with Crippen LogP contribution in [0.3, 0.4) is 0 Å². The van der Waals surface area contributed by atoms with Gasteiger partial charge in [-0.15, -0.1) is 10.2 Å². The molecule has 0 bridgehead atoms. The summed E-state index contributed by atoms with van der Waals surface area (Å²) in [6.45, 7) is 5.38. The summed E-state index contributed by atoms with van der Waals surface area (Å²) >= 11 is 0.819. The molecule has 2 fully saturated rings. The first-order valence-corrected chi connectivity index (χ1v) is 11.7. The Morgan fingerprint density at radius 2 is 2.07 bits per heavy atom. The van der Waals surface area contributed by atoms with Gasteiger partial charge in [0.25, 0.3) is 6.43 Å². The Labute approximate surface area is 178 Å². The third-order valence-corrected chi connectivity index (χ3v) is 7.68. The minimum absolute atomic E-state index is 0.0990. The van der Waals surface area contributed by atoms with Crippen LogP contribution in [0.2, 0.25) is 0 Å². The third kappa shape index (κ3) is 3.72. The summed E-state index contributed by atoms with van der Waals surface area (Å²) in [5, 5.41) is 10.8. The van der Waals surface area contributed by atoms with Gasteiger partial charge in [0.1, 0.15) is 11.0 Å². The molecule has 0 aromatic carbocycles. The van der Waals surface area contributed by atoms with Crippen LogP contribution in [0.5, 0.6) is 0 Å². The van der Waals surface area contributed by atoms with E-state index in [0.717, 1.165) is 61.6 Å². The predicted molar refractivity (Wildman–Crippen MR) is 111 cm³/mol. The predicted octanol–water partition coefficient (Wildman–Crippen LogP) is 2.36. The van der Waals surface area contributed by atoms with Crippen molar-refractivity contribution in [2.45, 2.75) is 36.6 Å². The van der Waals surface area contributed by atoms with Crippen molar-refractivity contribution in [1.82, 2.24) is 29.6 Å². The number of aromatic nitrogens is 4. The van der Waals surface area contributed by atoms with E-state index in [1.165, 1.54) is 0 Å². The number of nitrogens with zero attached hydrogens (tertiary/aromatic N) is 5. The maximum absolute atomic E-state index is 13.1. The summed E-state index contributed by atoms with van der Waals surface area (Å²) in [6, 6.07) is 1.94. The van der Waals surface area contributed by atoms with Crippen molar-refractivity contribution in [2.24, 2.45) is 0 Å². The van der Waals surface area contributed by atoms with E-state index >= 15 is 0 Å². The van der Waals surface area contributed by atoms with Crippen LogP contribution in [-0.2, 0) is 11.0 Å². The van der Waals surface area contributed by atoms with E-state index in [-0.39, 0.29) is 10.5 Å². The number of piperazine rings is 1. The van der Waals surface area contributed by atoms with Crippen LogP contribution < -0.4 is 14.9 Å². The monoisotopic (exact) mass is 453 g/mol. The Hall–Kier alpha value is -2.02. The molecule has 30 heavy (non-hydrogen) atoms. The first kappa shape index (κ1) is 19.9. The highest BCUT2D eigenvalue weighted by Gasteiger charge is 2.39. The normalized spacial score (nSPS) is 19.5. The maximum Gasteiger partial charge on any atom is 0.291 e. The van der Waals surface area contributed by atoms with Crippen molar-refractivity contribution in [1.29, 1.82) is 0 Å². The zero-order valence-electron chi connectivity index (χ0n) is 16.3. The van der Waals surface area contributed by atoms with Gasteiger partial charge in [-0.05, 0) is 25.8 Å². The molecule has 1 atom stereocenters. The number of pyridine rings is 1. The lowest BCUT2D eigenvalue weighted by Crippen LogP contribution is -2.43. The van der Waals surface area contributed by atoms with E-state index in [0.29, 0.717) is 15.7 Å². The van der Waals surface area contributed by atoms with Gasteiger partial charge in [-0.3, -0.25) is 4.40 Å². The molecular weight excluding hydrogens is 432 g/mol. The summed E-state index contributed by atoms with van der Waals surface area (Å²) in [5.74, 6) is 0.419. The van der Waals surface area contributed by atoms with Crippen LogP contribution in [0.25, 0.3) is 16.3 Å². The highest BCUT2D eigenvalue weighted by Crippen LogP contribution is 2.36. The zero-order chi connectivity index (χ0) is 20.9. The summed E-state index contributed by atoms with van der Waals surface area (Å²) in [6.07, 6.45) is 2.76. The number of hydrogen-bond acceptors (Lipinski definition) is 7. The van der Waals surface area contributed by atoms with Crippen molar-refractivity contribution >= 4 is 33.5 Å². The van der Waals surface area contributed by atoms with Crippen LogP contribution >= 0.6 is 11.3 Å². The first-order chi connectivity index (χ1) is 14.4. The van der Waals surface area contributed by atoms with Crippen molar-refractivity contribution in [3.8, 4) is 10.8 Å². The Kier molecular flexibility index (Phi) is 5.04. The number of rotatable bonds is 6. The molecule has 12 heteroatoms. The lowest BCUT2D eigenvalue weighted by molar-refractivity contribution is 0.150. The van der Waals surface area contributed by atoms with E-state index in [1.807, 2.05) is 6.07 Å². The standard InChI is InChI=1S/C18H21F2N7OS2/c1-18(2-3-18)25-30(28)11-8-12(26-6-4-21-5-7-26)13-9-22-15(27(13)10-11)17-24-23-16(29-17)14(19)20/h8-10,14,21,25H,2-7H2,1H3. The smallest absolute Gasteiger partial charge is 0.291 e. The molecule has 3 aromatic heterocycles. The van der Waals surface area contributed by atoms with Gasteiger partial charge in [0.15, 0.2) is 15.8 Å². The molecule has 8 nitrogen and oxygen atoms in total. The van der Waals surface area contributed by atoms with Gasteiger partial charge in [0.2, 0.25) is 0 Å². The molecule has 2 N–H and O–H groups in total. The van der Waals surface area contributed by atoms with Gasteiger partial charge in [-0.25, -0.2) is 22.7 Å². The lowest BCUT2D eigenvalue weighted by atomic mass is 10.2. The van der Waals surface area contributed by atoms with Crippen LogP contribution in [0, 0.1) is 0 Å². The van der Waals surface area contributed by atoms with Gasteiger partial charge in [0.05, 0.1) is 22.3 Å². The topological polar surface area (TPSA) is 87.5 Å². The molecule has 2 aliphatic rings. The zero-order valence-corrected chi connectivity index (χ0v) is 17.9. The van der Waals surface area contributed by atoms with Crippen molar-refractivity contribution in [2.75, 3.05) is 31.1 Å². The Balaban J connectivity index is 1.61. The fourth-order valence-electron chi connectivity index (χ4n) is 3.46. The summed E-state index contributed by atoms with van der Waals surface area (Å²) in [7, 11) is -1.41.